The van der Waals surface area contributed by atoms with E-state index < -0.39 is 0 Å². The molecule has 1 aromatic carbocycles. The molecule has 1 amide bonds. The van der Waals surface area contributed by atoms with Gasteiger partial charge in [-0.2, -0.15) is 0 Å². The number of hydrogen-bond donors (Lipinski definition) is 2. The fraction of sp³-hybridized carbons (Fsp3) is 0.533. The van der Waals surface area contributed by atoms with Crippen LogP contribution in [0.25, 0.3) is 0 Å². The van der Waals surface area contributed by atoms with Crippen molar-refractivity contribution >= 4 is 5.91 Å². The number of carbonyl (C=O) groups excluding carboxylic acids is 1. The van der Waals surface area contributed by atoms with E-state index in [1.165, 1.54) is 0 Å². The van der Waals surface area contributed by atoms with Crippen LogP contribution in [0.4, 0.5) is 0 Å². The minimum Gasteiger partial charge on any atom is -0.486 e. The molecule has 1 aliphatic heterocycles. The van der Waals surface area contributed by atoms with Gasteiger partial charge in [0.15, 0.2) is 11.5 Å². The molecule has 0 bridgehead atoms. The van der Waals surface area contributed by atoms with Gasteiger partial charge in [-0.3, -0.25) is 4.79 Å². The fourth-order valence-electron chi connectivity index (χ4n) is 2.33. The van der Waals surface area contributed by atoms with Crippen LogP contribution in [0.15, 0.2) is 18.2 Å². The van der Waals surface area contributed by atoms with Crippen LogP contribution in [0.2, 0.25) is 0 Å². The summed E-state index contributed by atoms with van der Waals surface area (Å²) in [6.07, 6.45) is 1.58. The average molecular weight is 278 g/mol. The van der Waals surface area contributed by atoms with Gasteiger partial charge in [0.05, 0.1) is 11.1 Å². The van der Waals surface area contributed by atoms with Crippen LogP contribution in [0.3, 0.4) is 0 Å². The lowest BCUT2D eigenvalue weighted by atomic mass is 9.92. The number of nitrogens with two attached hydrogens (primary N) is 1. The molecule has 110 valence electrons. The lowest BCUT2D eigenvalue weighted by Gasteiger charge is -2.32. The first-order valence-corrected chi connectivity index (χ1v) is 7.07. The number of nitrogens with one attached hydrogen (secondary N) is 1. The Labute approximate surface area is 119 Å². The van der Waals surface area contributed by atoms with Gasteiger partial charge in [-0.1, -0.05) is 19.9 Å². The molecule has 0 unspecified atom stereocenters. The lowest BCUT2D eigenvalue weighted by molar-refractivity contribution is 0.0884. The van der Waals surface area contributed by atoms with Crippen LogP contribution in [0.1, 0.15) is 37.0 Å². The van der Waals surface area contributed by atoms with E-state index in [1.54, 1.807) is 18.2 Å². The number of para-hydroxylation sites is 1. The Bertz CT molecular complexity index is 476. The third-order valence-corrected chi connectivity index (χ3v) is 3.93. The maximum absolute atomic E-state index is 12.5. The molecule has 1 aromatic rings. The molecule has 5 heteroatoms. The fourth-order valence-corrected chi connectivity index (χ4v) is 2.33. The molecule has 3 N–H and O–H groups in total. The Balaban J connectivity index is 2.25. The minimum absolute atomic E-state index is 0.165. The van der Waals surface area contributed by atoms with Crippen molar-refractivity contribution in [1.29, 1.82) is 0 Å². The van der Waals surface area contributed by atoms with Gasteiger partial charge in [0.1, 0.15) is 13.2 Å². The number of carbonyl (C=O) groups is 1. The van der Waals surface area contributed by atoms with E-state index >= 15 is 0 Å². The highest BCUT2D eigenvalue weighted by Gasteiger charge is 2.29. The van der Waals surface area contributed by atoms with Gasteiger partial charge >= 0.3 is 0 Å². The van der Waals surface area contributed by atoms with Crippen molar-refractivity contribution in [2.24, 2.45) is 5.73 Å². The van der Waals surface area contributed by atoms with Crippen LogP contribution in [-0.2, 0) is 0 Å². The molecule has 1 aliphatic rings. The van der Waals surface area contributed by atoms with Crippen LogP contribution >= 0.6 is 0 Å². The topological polar surface area (TPSA) is 73.6 Å². The molecule has 0 fully saturated rings. The molecule has 20 heavy (non-hydrogen) atoms. The Hall–Kier alpha value is -1.75. The molecule has 0 saturated carbocycles. The number of ether oxygens (including phenoxy) is 2. The second-order valence-electron chi connectivity index (χ2n) is 4.98. The van der Waals surface area contributed by atoms with Gasteiger partial charge in [0, 0.05) is 6.54 Å². The average Bonchev–Trinajstić information content (AvgIpc) is 2.52. The first-order chi connectivity index (χ1) is 9.65. The van der Waals surface area contributed by atoms with E-state index in [0.29, 0.717) is 36.8 Å². The third kappa shape index (κ3) is 2.72. The van der Waals surface area contributed by atoms with Crippen LogP contribution in [-0.4, -0.2) is 31.2 Å². The van der Waals surface area contributed by atoms with Crippen LogP contribution < -0.4 is 20.5 Å². The normalized spacial score (nSPS) is 13.9. The largest absolute Gasteiger partial charge is 0.486 e. The Kier molecular flexibility index (Phi) is 4.49. The van der Waals surface area contributed by atoms with Gasteiger partial charge in [-0.15, -0.1) is 0 Å². The molecule has 2 rings (SSSR count). The summed E-state index contributed by atoms with van der Waals surface area (Å²) in [4.78, 5) is 12.5. The summed E-state index contributed by atoms with van der Waals surface area (Å²) in [6, 6.07) is 5.35. The molecule has 0 saturated heterocycles. The van der Waals surface area contributed by atoms with E-state index in [-0.39, 0.29) is 11.4 Å². The van der Waals surface area contributed by atoms with Gasteiger partial charge in [-0.05, 0) is 25.0 Å². The van der Waals surface area contributed by atoms with Gasteiger partial charge in [-0.25, -0.2) is 0 Å². The molecular formula is C15H22N2O3. The number of hydrogen-bond acceptors (Lipinski definition) is 4. The first kappa shape index (κ1) is 14.7. The summed E-state index contributed by atoms with van der Waals surface area (Å²) in [6.45, 7) is 5.43. The van der Waals surface area contributed by atoms with Crippen molar-refractivity contribution in [3.8, 4) is 11.5 Å². The second-order valence-corrected chi connectivity index (χ2v) is 4.98. The summed E-state index contributed by atoms with van der Waals surface area (Å²) in [5.41, 5.74) is 5.96. The molecule has 5 nitrogen and oxygen atoms in total. The van der Waals surface area contributed by atoms with Crippen molar-refractivity contribution in [3.63, 3.8) is 0 Å². The predicted octanol–water partition coefficient (Wildman–Crippen LogP) is 1.71. The van der Waals surface area contributed by atoms with Crippen LogP contribution in [0.5, 0.6) is 11.5 Å². The zero-order valence-electron chi connectivity index (χ0n) is 12.1. The van der Waals surface area contributed by atoms with Crippen molar-refractivity contribution in [2.75, 3.05) is 19.8 Å². The van der Waals surface area contributed by atoms with E-state index in [4.69, 9.17) is 15.2 Å². The Morgan fingerprint density at radius 1 is 1.30 bits per heavy atom. The summed E-state index contributed by atoms with van der Waals surface area (Å²) < 4.78 is 11.1. The third-order valence-electron chi connectivity index (χ3n) is 3.93. The highest BCUT2D eigenvalue weighted by molar-refractivity contribution is 5.98. The van der Waals surface area contributed by atoms with Crippen molar-refractivity contribution in [3.05, 3.63) is 23.8 Å². The smallest absolute Gasteiger partial charge is 0.255 e. The number of benzene rings is 1. The summed E-state index contributed by atoms with van der Waals surface area (Å²) in [5.74, 6) is 0.978. The summed E-state index contributed by atoms with van der Waals surface area (Å²) in [7, 11) is 0. The van der Waals surface area contributed by atoms with Crippen molar-refractivity contribution in [2.45, 2.75) is 32.2 Å². The molecule has 0 aliphatic carbocycles. The maximum atomic E-state index is 12.5. The van der Waals surface area contributed by atoms with Crippen molar-refractivity contribution < 1.29 is 14.3 Å². The number of rotatable bonds is 5. The van der Waals surface area contributed by atoms with Gasteiger partial charge in [0.2, 0.25) is 0 Å². The van der Waals surface area contributed by atoms with Crippen molar-refractivity contribution in [1.82, 2.24) is 5.32 Å². The first-order valence-electron chi connectivity index (χ1n) is 7.07. The molecule has 0 spiro atoms. The number of fused-ring (bicyclic) bond motifs is 1. The monoisotopic (exact) mass is 278 g/mol. The quantitative estimate of drug-likeness (QED) is 0.860. The van der Waals surface area contributed by atoms with E-state index in [9.17, 15) is 4.79 Å². The minimum atomic E-state index is -0.366. The lowest BCUT2D eigenvalue weighted by Crippen LogP contribution is -2.53. The molecular weight excluding hydrogens is 256 g/mol. The van der Waals surface area contributed by atoms with Crippen LogP contribution in [0, 0.1) is 0 Å². The second kappa shape index (κ2) is 6.13. The molecule has 0 radical (unpaired) electrons. The summed E-state index contributed by atoms with van der Waals surface area (Å²) in [5, 5.41) is 3.05. The molecule has 0 atom stereocenters. The standard InChI is InChI=1S/C15H22N2O3/c1-3-15(4-2,10-16)17-14(18)11-6-5-7-12-13(11)20-9-8-19-12/h5-7H,3-4,8-10,16H2,1-2H3,(H,17,18). The predicted molar refractivity (Wildman–Crippen MR) is 77.3 cm³/mol. The maximum Gasteiger partial charge on any atom is 0.255 e. The molecule has 0 aromatic heterocycles. The van der Waals surface area contributed by atoms with E-state index in [1.807, 2.05) is 13.8 Å². The zero-order valence-corrected chi connectivity index (χ0v) is 12.1. The zero-order chi connectivity index (χ0) is 14.6. The molecule has 1 heterocycles. The number of amides is 1. The van der Waals surface area contributed by atoms with Gasteiger partial charge < -0.3 is 20.5 Å². The summed E-state index contributed by atoms with van der Waals surface area (Å²) >= 11 is 0. The SMILES string of the molecule is CCC(CC)(CN)NC(=O)c1cccc2c1OCCO2. The Morgan fingerprint density at radius 3 is 2.65 bits per heavy atom. The van der Waals surface area contributed by atoms with E-state index in [0.717, 1.165) is 12.8 Å². The highest BCUT2D eigenvalue weighted by Crippen LogP contribution is 2.33. The van der Waals surface area contributed by atoms with Gasteiger partial charge in [0.25, 0.3) is 5.91 Å². The van der Waals surface area contributed by atoms with E-state index in [2.05, 4.69) is 5.32 Å². The highest BCUT2D eigenvalue weighted by atomic mass is 16.6. The Morgan fingerprint density at radius 2 is 2.00 bits per heavy atom.